The SMILES string of the molecule is [Hf].[cH-]1[cH-][cH-][cH-][cH-]1.c1ccc(P(c2ccccc2)c2ccc[c-]2P(c2ccccc2)c2ccccc2)cc1. The fourth-order valence-electron chi connectivity index (χ4n) is 4.26. The fourth-order valence-corrected chi connectivity index (χ4v) is 9.53. The first kappa shape index (κ1) is 27.3. The standard InChI is InChI=1S/C29H23P2.C5H5.Hf/c1-5-14-24(15-6-1)30(25-16-7-2-8-17-25)28-22-13-23-29(28)31(26-18-9-3-10-19-26)27-20-11-4-12-21-27;1-2-4-5-3-1;/h1-23H;1-5H;/q-1;-5;. The van der Waals surface area contributed by atoms with Crippen LogP contribution in [0.5, 0.6) is 0 Å². The van der Waals surface area contributed by atoms with Gasteiger partial charge in [0.15, 0.2) is 0 Å². The van der Waals surface area contributed by atoms with Crippen LogP contribution in [0.3, 0.4) is 0 Å². The molecular formula is C34H28HfP2-6. The maximum atomic E-state index is 2.35. The molecule has 6 aromatic carbocycles. The summed E-state index contributed by atoms with van der Waals surface area (Å²) in [6.07, 6.45) is 0. The molecule has 0 atom stereocenters. The van der Waals surface area contributed by atoms with Crippen LogP contribution in [-0.2, 0) is 25.8 Å². The van der Waals surface area contributed by atoms with E-state index in [0.29, 0.717) is 0 Å². The van der Waals surface area contributed by atoms with Crippen molar-refractivity contribution in [1.82, 2.24) is 0 Å². The summed E-state index contributed by atoms with van der Waals surface area (Å²) in [6.45, 7) is 0. The molecule has 0 N–H and O–H groups in total. The summed E-state index contributed by atoms with van der Waals surface area (Å²) in [5.41, 5.74) is 0. The maximum absolute atomic E-state index is 2.35. The summed E-state index contributed by atoms with van der Waals surface area (Å²) in [5.74, 6) is 0. The number of rotatable bonds is 6. The number of benzene rings is 4. The van der Waals surface area contributed by atoms with Crippen LogP contribution in [0.2, 0.25) is 0 Å². The zero-order valence-corrected chi connectivity index (χ0v) is 25.9. The van der Waals surface area contributed by atoms with Crippen molar-refractivity contribution in [2.75, 3.05) is 0 Å². The van der Waals surface area contributed by atoms with Crippen LogP contribution in [0.15, 0.2) is 170 Å². The Kier molecular flexibility index (Phi) is 10.6. The summed E-state index contributed by atoms with van der Waals surface area (Å²) < 4.78 is 0. The van der Waals surface area contributed by atoms with Crippen molar-refractivity contribution in [3.63, 3.8) is 0 Å². The minimum absolute atomic E-state index is 0. The van der Waals surface area contributed by atoms with Crippen LogP contribution in [0.4, 0.5) is 0 Å². The summed E-state index contributed by atoms with van der Waals surface area (Å²) >= 11 is 0. The third kappa shape index (κ3) is 7.00. The zero-order chi connectivity index (χ0) is 24.4. The smallest absolute Gasteiger partial charge is 0 e. The predicted octanol–water partition coefficient (Wildman–Crippen LogP) is 6.32. The topological polar surface area (TPSA) is 0 Å². The molecule has 0 nitrogen and oxygen atoms in total. The molecular weight excluding hydrogens is 649 g/mol. The molecule has 0 fully saturated rings. The molecule has 37 heavy (non-hydrogen) atoms. The Hall–Kier alpha value is -2.69. The van der Waals surface area contributed by atoms with Gasteiger partial charge in [0.05, 0.1) is 0 Å². The predicted molar refractivity (Wildman–Crippen MR) is 161 cm³/mol. The van der Waals surface area contributed by atoms with E-state index >= 15 is 0 Å². The first-order valence-electron chi connectivity index (χ1n) is 12.1. The Bertz CT molecular complexity index is 1220. The van der Waals surface area contributed by atoms with E-state index in [1.54, 1.807) is 0 Å². The van der Waals surface area contributed by atoms with E-state index in [1.165, 1.54) is 31.8 Å². The molecule has 0 saturated carbocycles. The molecule has 0 aliphatic rings. The van der Waals surface area contributed by atoms with Gasteiger partial charge in [-0.15, -0.1) is 10.6 Å². The van der Waals surface area contributed by atoms with Gasteiger partial charge in [-0.3, -0.25) is 0 Å². The molecule has 0 bridgehead atoms. The molecule has 0 amide bonds. The zero-order valence-electron chi connectivity index (χ0n) is 20.6. The van der Waals surface area contributed by atoms with Crippen LogP contribution in [0.1, 0.15) is 0 Å². The molecule has 0 aliphatic carbocycles. The van der Waals surface area contributed by atoms with Crippen molar-refractivity contribution < 1.29 is 25.8 Å². The van der Waals surface area contributed by atoms with Crippen LogP contribution >= 0.6 is 15.8 Å². The van der Waals surface area contributed by atoms with Gasteiger partial charge in [-0.25, -0.2) is 12.1 Å². The second kappa shape index (κ2) is 14.3. The van der Waals surface area contributed by atoms with Gasteiger partial charge in [-0.05, 0) is 29.1 Å². The Balaban J connectivity index is 0.000000479. The van der Waals surface area contributed by atoms with Gasteiger partial charge >= 0.3 is 0 Å². The van der Waals surface area contributed by atoms with Crippen LogP contribution < -0.4 is 31.8 Å². The molecule has 0 aromatic heterocycles. The van der Waals surface area contributed by atoms with Gasteiger partial charge in [-0.2, -0.15) is 6.07 Å². The van der Waals surface area contributed by atoms with Gasteiger partial charge in [0.1, 0.15) is 0 Å². The van der Waals surface area contributed by atoms with Gasteiger partial charge in [-0.1, -0.05) is 129 Å². The van der Waals surface area contributed by atoms with Crippen molar-refractivity contribution in [3.8, 4) is 0 Å². The molecule has 0 saturated heterocycles. The second-order valence-corrected chi connectivity index (χ2v) is 12.6. The van der Waals surface area contributed by atoms with E-state index in [4.69, 9.17) is 0 Å². The number of hydrogen-bond acceptors (Lipinski definition) is 0. The van der Waals surface area contributed by atoms with E-state index < -0.39 is 15.8 Å². The fraction of sp³-hybridized carbons (Fsp3) is 0. The largest absolute Gasteiger partial charge is 0.748 e. The third-order valence-electron chi connectivity index (χ3n) is 5.87. The van der Waals surface area contributed by atoms with E-state index in [1.807, 2.05) is 30.3 Å². The maximum Gasteiger partial charge on any atom is 0 e. The Morgan fingerprint density at radius 2 is 0.757 bits per heavy atom. The van der Waals surface area contributed by atoms with E-state index in [9.17, 15) is 0 Å². The minimum atomic E-state index is -0.627. The molecule has 184 valence electrons. The quantitative estimate of drug-likeness (QED) is 0.110. The van der Waals surface area contributed by atoms with E-state index in [-0.39, 0.29) is 25.8 Å². The minimum Gasteiger partial charge on any atom is -0.748 e. The Morgan fingerprint density at radius 3 is 1.14 bits per heavy atom. The van der Waals surface area contributed by atoms with Crippen LogP contribution in [-0.4, -0.2) is 0 Å². The molecule has 0 aliphatic heterocycles. The summed E-state index contributed by atoms with van der Waals surface area (Å²) in [6, 6.07) is 60.9. The molecule has 0 unspecified atom stereocenters. The first-order valence-corrected chi connectivity index (χ1v) is 14.8. The van der Waals surface area contributed by atoms with Crippen molar-refractivity contribution in [3.05, 3.63) is 170 Å². The van der Waals surface area contributed by atoms with Crippen molar-refractivity contribution in [1.29, 1.82) is 0 Å². The van der Waals surface area contributed by atoms with Crippen molar-refractivity contribution in [2.45, 2.75) is 0 Å². The molecule has 6 rings (SSSR count). The summed E-state index contributed by atoms with van der Waals surface area (Å²) in [7, 11) is -1.25. The average molecular weight is 677 g/mol. The van der Waals surface area contributed by atoms with Crippen molar-refractivity contribution in [2.24, 2.45) is 0 Å². The number of hydrogen-bond donors (Lipinski definition) is 0. The van der Waals surface area contributed by atoms with E-state index in [2.05, 4.69) is 140 Å². The van der Waals surface area contributed by atoms with Gasteiger partial charge in [0.2, 0.25) is 0 Å². The van der Waals surface area contributed by atoms with Gasteiger partial charge in [0, 0.05) is 25.8 Å². The van der Waals surface area contributed by atoms with Gasteiger partial charge < -0.3 is 30.3 Å². The van der Waals surface area contributed by atoms with Gasteiger partial charge in [0.25, 0.3) is 0 Å². The average Bonchev–Trinajstić information content (AvgIpc) is 3.68. The molecule has 0 radical (unpaired) electrons. The normalized spacial score (nSPS) is 10.4. The molecule has 0 spiro atoms. The van der Waals surface area contributed by atoms with Crippen LogP contribution in [0, 0.1) is 0 Å². The monoisotopic (exact) mass is 678 g/mol. The molecule has 3 heteroatoms. The summed E-state index contributed by atoms with van der Waals surface area (Å²) in [5, 5.41) is 8.51. The van der Waals surface area contributed by atoms with Crippen molar-refractivity contribution >= 4 is 47.7 Å². The van der Waals surface area contributed by atoms with E-state index in [0.717, 1.165) is 0 Å². The second-order valence-electron chi connectivity index (χ2n) is 8.27. The third-order valence-corrected chi connectivity index (χ3v) is 11.0. The Labute approximate surface area is 242 Å². The summed E-state index contributed by atoms with van der Waals surface area (Å²) in [4.78, 5) is 0. The Morgan fingerprint density at radius 1 is 0.405 bits per heavy atom. The van der Waals surface area contributed by atoms with Crippen LogP contribution in [0.25, 0.3) is 0 Å². The first-order chi connectivity index (χ1) is 17.9. The molecule has 6 aromatic rings. The molecule has 0 heterocycles.